The molecule has 0 rings (SSSR count). The summed E-state index contributed by atoms with van der Waals surface area (Å²) in [4.78, 5) is 11.0. The third-order valence-electron chi connectivity index (χ3n) is 1.77. The van der Waals surface area contributed by atoms with Gasteiger partial charge in [0, 0.05) is 19.0 Å². The van der Waals surface area contributed by atoms with Crippen molar-refractivity contribution in [1.29, 1.82) is 0 Å². The van der Waals surface area contributed by atoms with E-state index in [0.717, 1.165) is 0 Å². The van der Waals surface area contributed by atoms with Gasteiger partial charge in [-0.05, 0) is 6.92 Å². The van der Waals surface area contributed by atoms with Crippen LogP contribution in [0.25, 0.3) is 0 Å². The van der Waals surface area contributed by atoms with E-state index in [4.69, 9.17) is 6.42 Å². The molecule has 0 spiro atoms. The van der Waals surface area contributed by atoms with Crippen LogP contribution < -0.4 is 10.6 Å². The molecule has 0 radical (unpaired) electrons. The van der Waals surface area contributed by atoms with Gasteiger partial charge in [0.15, 0.2) is 0 Å². The molecule has 92 valence electrons. The molecule has 1 atom stereocenters. The van der Waals surface area contributed by atoms with E-state index in [1.807, 2.05) is 0 Å². The number of carbonyl (C=O) groups is 1. The molecular weight excluding hydrogens is 221 g/mol. The summed E-state index contributed by atoms with van der Waals surface area (Å²) in [6, 6.07) is -0.694. The molecule has 0 aromatic rings. The number of terminal acetylenes is 1. The molecule has 0 saturated carbocycles. The highest BCUT2D eigenvalue weighted by molar-refractivity contribution is 5.76. The van der Waals surface area contributed by atoms with Gasteiger partial charge in [-0.25, -0.2) is 0 Å². The average Bonchev–Trinajstić information content (AvgIpc) is 2.11. The molecule has 6 heteroatoms. The van der Waals surface area contributed by atoms with Crippen molar-refractivity contribution in [2.24, 2.45) is 0 Å². The van der Waals surface area contributed by atoms with Crippen LogP contribution in [0.15, 0.2) is 0 Å². The minimum Gasteiger partial charge on any atom is -0.345 e. The van der Waals surface area contributed by atoms with Crippen molar-refractivity contribution >= 4 is 5.91 Å². The van der Waals surface area contributed by atoms with Crippen molar-refractivity contribution in [2.75, 3.05) is 13.1 Å². The summed E-state index contributed by atoms with van der Waals surface area (Å²) in [7, 11) is 0. The van der Waals surface area contributed by atoms with Gasteiger partial charge >= 0.3 is 6.18 Å². The molecule has 0 aliphatic heterocycles. The molecule has 2 N–H and O–H groups in total. The smallest absolute Gasteiger partial charge is 0.345 e. The Bertz CT molecular complexity index is 258. The third kappa shape index (κ3) is 9.34. The van der Waals surface area contributed by atoms with Gasteiger partial charge in [0.2, 0.25) is 5.91 Å². The van der Waals surface area contributed by atoms with Gasteiger partial charge < -0.3 is 10.6 Å². The lowest BCUT2D eigenvalue weighted by atomic mass is 10.2. The Morgan fingerprint density at radius 2 is 2.12 bits per heavy atom. The number of hydrogen-bond donors (Lipinski definition) is 2. The largest absolute Gasteiger partial charge is 0.390 e. The number of nitrogens with one attached hydrogen (secondary N) is 2. The quantitative estimate of drug-likeness (QED) is 0.677. The third-order valence-corrected chi connectivity index (χ3v) is 1.77. The Hall–Kier alpha value is -1.22. The van der Waals surface area contributed by atoms with E-state index in [2.05, 4.69) is 16.6 Å². The van der Waals surface area contributed by atoms with E-state index in [-0.39, 0.29) is 25.4 Å². The lowest BCUT2D eigenvalue weighted by Gasteiger charge is -2.15. The van der Waals surface area contributed by atoms with Crippen molar-refractivity contribution in [3.8, 4) is 12.3 Å². The number of rotatable bonds is 6. The highest BCUT2D eigenvalue weighted by Crippen LogP contribution is 2.21. The molecule has 1 unspecified atom stereocenters. The highest BCUT2D eigenvalue weighted by atomic mass is 19.4. The normalized spacial score (nSPS) is 12.9. The van der Waals surface area contributed by atoms with E-state index >= 15 is 0 Å². The molecular formula is C10H15F3N2O. The molecule has 0 aromatic heterocycles. The summed E-state index contributed by atoms with van der Waals surface area (Å²) in [6.45, 7) is 1.76. The fraction of sp³-hybridized carbons (Fsp3) is 0.700. The Morgan fingerprint density at radius 1 is 1.50 bits per heavy atom. The average molecular weight is 236 g/mol. The minimum absolute atomic E-state index is 0.115. The summed E-state index contributed by atoms with van der Waals surface area (Å²) < 4.78 is 35.8. The van der Waals surface area contributed by atoms with Crippen LogP contribution in [0.1, 0.15) is 19.8 Å². The lowest BCUT2D eigenvalue weighted by molar-refractivity contribution is -0.139. The molecule has 16 heavy (non-hydrogen) atoms. The predicted octanol–water partition coefficient (Wildman–Crippen LogP) is 1.06. The molecule has 0 heterocycles. The van der Waals surface area contributed by atoms with Crippen LogP contribution in [0.4, 0.5) is 13.2 Å². The predicted molar refractivity (Wildman–Crippen MR) is 54.6 cm³/mol. The second-order valence-corrected chi connectivity index (χ2v) is 3.41. The zero-order valence-corrected chi connectivity index (χ0v) is 9.03. The first kappa shape index (κ1) is 14.8. The van der Waals surface area contributed by atoms with Crippen LogP contribution in [0.3, 0.4) is 0 Å². The molecule has 3 nitrogen and oxygen atoms in total. The van der Waals surface area contributed by atoms with Crippen LogP contribution in [-0.2, 0) is 4.79 Å². The monoisotopic (exact) mass is 236 g/mol. The van der Waals surface area contributed by atoms with Crippen molar-refractivity contribution in [1.82, 2.24) is 10.6 Å². The molecule has 0 aromatic carbocycles. The van der Waals surface area contributed by atoms with Gasteiger partial charge in [0.1, 0.15) is 0 Å². The van der Waals surface area contributed by atoms with Gasteiger partial charge in [-0.3, -0.25) is 4.79 Å². The van der Waals surface area contributed by atoms with E-state index in [1.54, 1.807) is 0 Å². The molecule has 1 amide bonds. The summed E-state index contributed by atoms with van der Waals surface area (Å²) in [5.74, 6) is 1.95. The second-order valence-electron chi connectivity index (χ2n) is 3.41. The summed E-state index contributed by atoms with van der Waals surface area (Å²) >= 11 is 0. The standard InChI is InChI=1S/C10H15F3N2O/c1-3-5-15-9(16)4-6-14-8(2)7-10(11,12)13/h1,8,14H,4-7H2,2H3,(H,15,16). The highest BCUT2D eigenvalue weighted by Gasteiger charge is 2.29. The second kappa shape index (κ2) is 7.12. The number of amides is 1. The van der Waals surface area contributed by atoms with Crippen LogP contribution in [-0.4, -0.2) is 31.2 Å². The van der Waals surface area contributed by atoms with Gasteiger partial charge in [-0.1, -0.05) is 5.92 Å². The van der Waals surface area contributed by atoms with Gasteiger partial charge in [-0.15, -0.1) is 6.42 Å². The number of halogens is 3. The van der Waals surface area contributed by atoms with Crippen molar-refractivity contribution < 1.29 is 18.0 Å². The van der Waals surface area contributed by atoms with Crippen LogP contribution in [0, 0.1) is 12.3 Å². The first-order valence-electron chi connectivity index (χ1n) is 4.85. The molecule has 0 bridgehead atoms. The maximum absolute atomic E-state index is 11.9. The first-order valence-corrected chi connectivity index (χ1v) is 4.85. The van der Waals surface area contributed by atoms with Crippen molar-refractivity contribution in [3.63, 3.8) is 0 Å². The lowest BCUT2D eigenvalue weighted by Crippen LogP contribution is -2.34. The summed E-state index contributed by atoms with van der Waals surface area (Å²) in [5.41, 5.74) is 0. The van der Waals surface area contributed by atoms with Crippen molar-refractivity contribution in [3.05, 3.63) is 0 Å². The Balaban J connectivity index is 3.59. The maximum Gasteiger partial charge on any atom is 0.390 e. The van der Waals surface area contributed by atoms with E-state index in [0.29, 0.717) is 0 Å². The number of carbonyl (C=O) groups excluding carboxylic acids is 1. The van der Waals surface area contributed by atoms with Gasteiger partial charge in [-0.2, -0.15) is 13.2 Å². The Morgan fingerprint density at radius 3 is 2.62 bits per heavy atom. The molecule has 0 saturated heterocycles. The van der Waals surface area contributed by atoms with Crippen LogP contribution in [0.2, 0.25) is 0 Å². The first-order chi connectivity index (χ1) is 7.35. The molecule has 0 fully saturated rings. The van der Waals surface area contributed by atoms with Crippen molar-refractivity contribution in [2.45, 2.75) is 32.0 Å². The van der Waals surface area contributed by atoms with Crippen LogP contribution >= 0.6 is 0 Å². The Labute approximate surface area is 92.8 Å². The topological polar surface area (TPSA) is 41.1 Å². The Kier molecular flexibility index (Phi) is 6.58. The summed E-state index contributed by atoms with van der Waals surface area (Å²) in [5, 5.41) is 5.03. The fourth-order valence-corrected chi connectivity index (χ4v) is 1.09. The fourth-order valence-electron chi connectivity index (χ4n) is 1.09. The maximum atomic E-state index is 11.9. The van der Waals surface area contributed by atoms with Crippen LogP contribution in [0.5, 0.6) is 0 Å². The van der Waals surface area contributed by atoms with E-state index < -0.39 is 18.6 Å². The van der Waals surface area contributed by atoms with Gasteiger partial charge in [0.05, 0.1) is 13.0 Å². The van der Waals surface area contributed by atoms with Gasteiger partial charge in [0.25, 0.3) is 0 Å². The van der Waals surface area contributed by atoms with E-state index in [1.165, 1.54) is 6.92 Å². The summed E-state index contributed by atoms with van der Waals surface area (Å²) in [6.07, 6.45) is -0.0535. The SMILES string of the molecule is C#CCNC(=O)CCNC(C)CC(F)(F)F. The number of hydrogen-bond acceptors (Lipinski definition) is 2. The molecule has 0 aliphatic rings. The number of alkyl halides is 3. The van der Waals surface area contributed by atoms with E-state index in [9.17, 15) is 18.0 Å². The zero-order valence-electron chi connectivity index (χ0n) is 9.03. The zero-order chi connectivity index (χ0) is 12.6. The molecule has 0 aliphatic carbocycles. The minimum atomic E-state index is -4.18.